The Morgan fingerprint density at radius 1 is 0.926 bits per heavy atom. The first-order chi connectivity index (χ1) is 13.0. The van der Waals surface area contributed by atoms with Crippen molar-refractivity contribution in [2.75, 3.05) is 11.3 Å². The second-order valence-corrected chi connectivity index (χ2v) is 7.81. The molecule has 4 rings (SSSR count). The van der Waals surface area contributed by atoms with Gasteiger partial charge in [0.25, 0.3) is 10.0 Å². The molecule has 1 aromatic heterocycles. The standard InChI is InChI=1S/C21H18N2O3S/c1-2-26-19-9-7-16-13-20(10-8-15(16)12-19)27(24,25)23-18-11-17-5-3-4-6-21(17)22-14-18/h3-14,23H,2H2,1H3. The number of anilines is 1. The second kappa shape index (κ2) is 6.89. The van der Waals surface area contributed by atoms with Gasteiger partial charge < -0.3 is 4.74 Å². The van der Waals surface area contributed by atoms with Crippen molar-refractivity contribution in [1.29, 1.82) is 0 Å². The highest BCUT2D eigenvalue weighted by atomic mass is 32.2. The lowest BCUT2D eigenvalue weighted by atomic mass is 10.1. The summed E-state index contributed by atoms with van der Waals surface area (Å²) >= 11 is 0. The van der Waals surface area contributed by atoms with Gasteiger partial charge in [0.05, 0.1) is 28.9 Å². The maximum absolute atomic E-state index is 12.8. The summed E-state index contributed by atoms with van der Waals surface area (Å²) in [4.78, 5) is 4.50. The molecule has 3 aromatic carbocycles. The summed E-state index contributed by atoms with van der Waals surface area (Å²) in [7, 11) is -3.72. The summed E-state index contributed by atoms with van der Waals surface area (Å²) in [5.74, 6) is 0.765. The molecule has 1 N–H and O–H groups in total. The monoisotopic (exact) mass is 378 g/mol. The molecule has 136 valence electrons. The number of aromatic nitrogens is 1. The van der Waals surface area contributed by atoms with Gasteiger partial charge in [-0.1, -0.05) is 30.3 Å². The minimum Gasteiger partial charge on any atom is -0.494 e. The van der Waals surface area contributed by atoms with Gasteiger partial charge in [-0.05, 0) is 54.1 Å². The summed E-state index contributed by atoms with van der Waals surface area (Å²) in [5, 5.41) is 2.63. The third kappa shape index (κ3) is 3.57. The average Bonchev–Trinajstić information content (AvgIpc) is 2.67. The van der Waals surface area contributed by atoms with Crippen LogP contribution in [0.5, 0.6) is 5.75 Å². The normalized spacial score (nSPS) is 11.6. The Labute approximate surface area is 157 Å². The first-order valence-electron chi connectivity index (χ1n) is 8.59. The van der Waals surface area contributed by atoms with Crippen LogP contribution in [0.1, 0.15) is 6.92 Å². The van der Waals surface area contributed by atoms with Gasteiger partial charge in [0.1, 0.15) is 5.75 Å². The Morgan fingerprint density at radius 2 is 1.70 bits per heavy atom. The maximum atomic E-state index is 12.8. The van der Waals surface area contributed by atoms with Gasteiger partial charge in [0.2, 0.25) is 0 Å². The third-order valence-corrected chi connectivity index (χ3v) is 5.63. The first-order valence-corrected chi connectivity index (χ1v) is 10.1. The summed E-state index contributed by atoms with van der Waals surface area (Å²) in [6, 6.07) is 20.0. The highest BCUT2D eigenvalue weighted by Gasteiger charge is 2.15. The van der Waals surface area contributed by atoms with Crippen molar-refractivity contribution in [3.63, 3.8) is 0 Å². The van der Waals surface area contributed by atoms with Crippen LogP contribution in [0.4, 0.5) is 5.69 Å². The molecule has 0 aliphatic heterocycles. The molecule has 0 aliphatic carbocycles. The van der Waals surface area contributed by atoms with Crippen molar-refractivity contribution >= 4 is 37.4 Å². The Balaban J connectivity index is 1.66. The van der Waals surface area contributed by atoms with Crippen LogP contribution in [0.25, 0.3) is 21.7 Å². The van der Waals surface area contributed by atoms with Gasteiger partial charge >= 0.3 is 0 Å². The fourth-order valence-electron chi connectivity index (χ4n) is 2.97. The predicted molar refractivity (Wildman–Crippen MR) is 108 cm³/mol. The fraction of sp³-hybridized carbons (Fsp3) is 0.0952. The summed E-state index contributed by atoms with van der Waals surface area (Å²) in [5.41, 5.74) is 1.25. The highest BCUT2D eigenvalue weighted by molar-refractivity contribution is 7.92. The summed E-state index contributed by atoms with van der Waals surface area (Å²) < 4.78 is 33.7. The largest absolute Gasteiger partial charge is 0.494 e. The molecule has 5 nitrogen and oxygen atoms in total. The molecule has 4 aromatic rings. The molecular weight excluding hydrogens is 360 g/mol. The molecule has 27 heavy (non-hydrogen) atoms. The van der Waals surface area contributed by atoms with Crippen molar-refractivity contribution in [2.45, 2.75) is 11.8 Å². The van der Waals surface area contributed by atoms with E-state index in [1.807, 2.05) is 49.4 Å². The number of para-hydroxylation sites is 1. The van der Waals surface area contributed by atoms with Crippen molar-refractivity contribution in [2.24, 2.45) is 0 Å². The first kappa shape index (κ1) is 17.3. The van der Waals surface area contributed by atoms with Crippen LogP contribution in [-0.2, 0) is 10.0 Å². The van der Waals surface area contributed by atoms with Crippen LogP contribution in [-0.4, -0.2) is 20.0 Å². The van der Waals surface area contributed by atoms with E-state index in [0.29, 0.717) is 12.3 Å². The maximum Gasteiger partial charge on any atom is 0.261 e. The number of benzene rings is 3. The Kier molecular flexibility index (Phi) is 4.41. The number of hydrogen-bond donors (Lipinski definition) is 1. The van der Waals surface area contributed by atoms with E-state index in [-0.39, 0.29) is 4.90 Å². The fourth-order valence-corrected chi connectivity index (χ4v) is 4.04. The SMILES string of the molecule is CCOc1ccc2cc(S(=O)(=O)Nc3cnc4ccccc4c3)ccc2c1. The van der Waals surface area contributed by atoms with Crippen molar-refractivity contribution < 1.29 is 13.2 Å². The van der Waals surface area contributed by atoms with Crippen LogP contribution >= 0.6 is 0 Å². The van der Waals surface area contributed by atoms with E-state index >= 15 is 0 Å². The predicted octanol–water partition coefficient (Wildman–Crippen LogP) is 4.59. The zero-order valence-electron chi connectivity index (χ0n) is 14.7. The number of ether oxygens (including phenoxy) is 1. The van der Waals surface area contributed by atoms with Gasteiger partial charge in [-0.25, -0.2) is 8.42 Å². The molecule has 0 fully saturated rings. The van der Waals surface area contributed by atoms with E-state index in [1.54, 1.807) is 24.3 Å². The van der Waals surface area contributed by atoms with Gasteiger partial charge in [-0.2, -0.15) is 0 Å². The van der Waals surface area contributed by atoms with E-state index in [2.05, 4.69) is 9.71 Å². The minimum absolute atomic E-state index is 0.201. The summed E-state index contributed by atoms with van der Waals surface area (Å²) in [6.45, 7) is 2.51. The van der Waals surface area contributed by atoms with Gasteiger partial charge in [0, 0.05) is 5.39 Å². The Bertz CT molecular complexity index is 1240. The number of rotatable bonds is 5. The van der Waals surface area contributed by atoms with Crippen LogP contribution in [0.15, 0.2) is 77.8 Å². The Hall–Kier alpha value is -3.12. The number of sulfonamides is 1. The van der Waals surface area contributed by atoms with Crippen LogP contribution < -0.4 is 9.46 Å². The quantitative estimate of drug-likeness (QED) is 0.552. The van der Waals surface area contributed by atoms with E-state index in [9.17, 15) is 8.42 Å². The third-order valence-electron chi connectivity index (χ3n) is 4.25. The molecule has 0 amide bonds. The molecule has 0 unspecified atom stereocenters. The van der Waals surface area contributed by atoms with Gasteiger partial charge in [0.15, 0.2) is 0 Å². The molecular formula is C21H18N2O3S. The van der Waals surface area contributed by atoms with Crippen LogP contribution in [0, 0.1) is 0 Å². The molecule has 0 bridgehead atoms. The Morgan fingerprint density at radius 3 is 2.56 bits per heavy atom. The van der Waals surface area contributed by atoms with Crippen molar-refractivity contribution in [1.82, 2.24) is 4.98 Å². The molecule has 0 spiro atoms. The zero-order valence-corrected chi connectivity index (χ0v) is 15.5. The van der Waals surface area contributed by atoms with E-state index in [1.165, 1.54) is 6.20 Å². The second-order valence-electron chi connectivity index (χ2n) is 6.13. The number of nitrogens with zero attached hydrogens (tertiary/aromatic N) is 1. The molecule has 6 heteroatoms. The average molecular weight is 378 g/mol. The van der Waals surface area contributed by atoms with E-state index in [4.69, 9.17) is 4.74 Å². The highest BCUT2D eigenvalue weighted by Crippen LogP contribution is 2.25. The summed E-state index contributed by atoms with van der Waals surface area (Å²) in [6.07, 6.45) is 1.52. The van der Waals surface area contributed by atoms with E-state index in [0.717, 1.165) is 27.4 Å². The van der Waals surface area contributed by atoms with Crippen molar-refractivity contribution in [3.05, 3.63) is 72.9 Å². The van der Waals surface area contributed by atoms with Crippen LogP contribution in [0.2, 0.25) is 0 Å². The molecule has 0 saturated heterocycles. The molecule has 0 saturated carbocycles. The minimum atomic E-state index is -3.72. The number of pyridine rings is 1. The van der Waals surface area contributed by atoms with Gasteiger partial charge in [-0.15, -0.1) is 0 Å². The lowest BCUT2D eigenvalue weighted by Gasteiger charge is -2.10. The molecule has 1 heterocycles. The zero-order chi connectivity index (χ0) is 18.9. The topological polar surface area (TPSA) is 68.3 Å². The smallest absolute Gasteiger partial charge is 0.261 e. The van der Waals surface area contributed by atoms with Crippen molar-refractivity contribution in [3.8, 4) is 5.75 Å². The molecule has 0 atom stereocenters. The number of hydrogen-bond acceptors (Lipinski definition) is 4. The lowest BCUT2D eigenvalue weighted by molar-refractivity contribution is 0.341. The van der Waals surface area contributed by atoms with E-state index < -0.39 is 10.0 Å². The number of fused-ring (bicyclic) bond motifs is 2. The van der Waals surface area contributed by atoms with Crippen LogP contribution in [0.3, 0.4) is 0 Å². The molecule has 0 radical (unpaired) electrons. The number of nitrogens with one attached hydrogen (secondary N) is 1. The molecule has 0 aliphatic rings. The lowest BCUT2D eigenvalue weighted by Crippen LogP contribution is -2.13. The van der Waals surface area contributed by atoms with Gasteiger partial charge in [-0.3, -0.25) is 9.71 Å².